The van der Waals surface area contributed by atoms with Gasteiger partial charge < -0.3 is 29.7 Å². The van der Waals surface area contributed by atoms with E-state index in [0.717, 1.165) is 50.9 Å². The second-order valence-corrected chi connectivity index (χ2v) is 17.5. The van der Waals surface area contributed by atoms with Gasteiger partial charge in [0, 0.05) is 12.8 Å². The molecule has 0 aromatic carbocycles. The molecule has 0 spiro atoms. The third-order valence-electron chi connectivity index (χ3n) is 9.65. The van der Waals surface area contributed by atoms with Gasteiger partial charge in [0.2, 0.25) is 0 Å². The largest absolute Gasteiger partial charge is 0.472 e. The molecular formula is C49H85O11P. The van der Waals surface area contributed by atoms with Crippen molar-refractivity contribution in [3.63, 3.8) is 0 Å². The number of phosphoric ester groups is 1. The van der Waals surface area contributed by atoms with Crippen molar-refractivity contribution in [3.05, 3.63) is 72.9 Å². The van der Waals surface area contributed by atoms with E-state index < -0.39 is 64.5 Å². The fourth-order valence-electron chi connectivity index (χ4n) is 6.05. The molecular weight excluding hydrogens is 796 g/mol. The molecule has 0 heterocycles. The number of unbranched alkanes of at least 4 members (excludes halogenated alkanes) is 14. The highest BCUT2D eigenvalue weighted by Crippen LogP contribution is 2.43. The molecule has 4 N–H and O–H groups in total. The van der Waals surface area contributed by atoms with Crippen molar-refractivity contribution < 1.29 is 52.9 Å². The summed E-state index contributed by atoms with van der Waals surface area (Å²) >= 11 is 0. The summed E-state index contributed by atoms with van der Waals surface area (Å²) in [6, 6.07) is 0. The molecule has 12 heteroatoms. The Kier molecular flexibility index (Phi) is 40.8. The van der Waals surface area contributed by atoms with E-state index in [9.17, 15) is 29.3 Å². The Labute approximate surface area is 370 Å². The molecule has 2 unspecified atom stereocenters. The first-order valence-corrected chi connectivity index (χ1v) is 24.9. The molecule has 0 aliphatic carbocycles. The summed E-state index contributed by atoms with van der Waals surface area (Å²) in [6.07, 6.45) is 44.7. The molecule has 0 saturated heterocycles. The minimum atomic E-state index is -4.66. The molecule has 0 aliphatic rings. The van der Waals surface area contributed by atoms with Crippen molar-refractivity contribution in [2.75, 3.05) is 26.4 Å². The van der Waals surface area contributed by atoms with E-state index in [1.165, 1.54) is 77.0 Å². The van der Waals surface area contributed by atoms with Crippen LogP contribution in [0.2, 0.25) is 0 Å². The zero-order valence-electron chi connectivity index (χ0n) is 38.1. The van der Waals surface area contributed by atoms with Crippen molar-refractivity contribution in [1.82, 2.24) is 0 Å². The maximum atomic E-state index is 12.6. The van der Waals surface area contributed by atoms with Crippen molar-refractivity contribution in [2.24, 2.45) is 5.92 Å². The highest BCUT2D eigenvalue weighted by atomic mass is 31.2. The molecule has 0 saturated carbocycles. The van der Waals surface area contributed by atoms with E-state index in [0.29, 0.717) is 19.3 Å². The monoisotopic (exact) mass is 881 g/mol. The minimum absolute atomic E-state index is 0.0331. The van der Waals surface area contributed by atoms with Crippen LogP contribution in [0.4, 0.5) is 0 Å². The molecule has 11 nitrogen and oxygen atoms in total. The number of hydrogen-bond acceptors (Lipinski definition) is 10. The maximum Gasteiger partial charge on any atom is 0.472 e. The smallest absolute Gasteiger partial charge is 0.462 e. The fraction of sp³-hybridized carbons (Fsp3) is 0.714. The normalized spacial score (nSPS) is 15.0. The van der Waals surface area contributed by atoms with Gasteiger partial charge in [-0.15, -0.1) is 0 Å². The summed E-state index contributed by atoms with van der Waals surface area (Å²) < 4.78 is 32.6. The Morgan fingerprint density at radius 2 is 1.13 bits per heavy atom. The number of allylic oxidation sites excluding steroid dienone is 10. The van der Waals surface area contributed by atoms with Gasteiger partial charge in [-0.05, 0) is 50.9 Å². The predicted molar refractivity (Wildman–Crippen MR) is 248 cm³/mol. The lowest BCUT2D eigenvalue weighted by atomic mass is 10.0. The number of carbonyl (C=O) groups is 2. The first-order valence-electron chi connectivity index (χ1n) is 23.4. The molecule has 0 radical (unpaired) electrons. The number of ether oxygens (including phenoxy) is 2. The number of esters is 2. The number of carbonyl (C=O) groups excluding carboxylic acids is 2. The zero-order chi connectivity index (χ0) is 45.1. The van der Waals surface area contributed by atoms with Gasteiger partial charge in [0.05, 0.1) is 25.9 Å². The van der Waals surface area contributed by atoms with Gasteiger partial charge in [0.1, 0.15) is 12.7 Å². The summed E-state index contributed by atoms with van der Waals surface area (Å²) in [7, 11) is -4.66. The van der Waals surface area contributed by atoms with Crippen LogP contribution in [0.3, 0.4) is 0 Å². The van der Waals surface area contributed by atoms with Gasteiger partial charge in [-0.1, -0.05) is 190 Å². The SMILES string of the molecule is CC/C=C\C/C=C\C/C=C\C/C=C\C=C/C(O)C/C=C\CCC(=O)OC[C@H](COP(=O)(O)OC[C@@H](O)CO)OC(=O)CCCCCCCCCCCCCCCCCC(C)C. The second-order valence-electron chi connectivity index (χ2n) is 16.1. The highest BCUT2D eigenvalue weighted by Gasteiger charge is 2.27. The Hall–Kier alpha value is -2.63. The predicted octanol–water partition coefficient (Wildman–Crippen LogP) is 11.7. The molecule has 61 heavy (non-hydrogen) atoms. The van der Waals surface area contributed by atoms with Crippen molar-refractivity contribution in [1.29, 1.82) is 0 Å². The molecule has 0 bridgehead atoms. The summed E-state index contributed by atoms with van der Waals surface area (Å²) in [4.78, 5) is 35.1. The lowest BCUT2D eigenvalue weighted by Crippen LogP contribution is -2.29. The fourth-order valence-corrected chi connectivity index (χ4v) is 6.84. The topological polar surface area (TPSA) is 169 Å². The van der Waals surface area contributed by atoms with Crippen LogP contribution >= 0.6 is 7.82 Å². The van der Waals surface area contributed by atoms with Gasteiger partial charge >= 0.3 is 19.8 Å². The first kappa shape index (κ1) is 58.4. The van der Waals surface area contributed by atoms with E-state index in [1.807, 2.05) is 12.2 Å². The van der Waals surface area contributed by atoms with E-state index in [2.05, 4.69) is 61.8 Å². The molecule has 0 aromatic heterocycles. The average molecular weight is 881 g/mol. The maximum absolute atomic E-state index is 12.6. The van der Waals surface area contributed by atoms with Gasteiger partial charge in [-0.3, -0.25) is 18.6 Å². The molecule has 4 atom stereocenters. The van der Waals surface area contributed by atoms with Gasteiger partial charge in [0.25, 0.3) is 0 Å². The Morgan fingerprint density at radius 3 is 1.69 bits per heavy atom. The Balaban J connectivity index is 4.45. The molecule has 0 aliphatic heterocycles. The van der Waals surface area contributed by atoms with E-state index in [-0.39, 0.29) is 12.8 Å². The first-order chi connectivity index (χ1) is 29.5. The van der Waals surface area contributed by atoms with E-state index >= 15 is 0 Å². The highest BCUT2D eigenvalue weighted by molar-refractivity contribution is 7.47. The minimum Gasteiger partial charge on any atom is -0.462 e. The lowest BCUT2D eigenvalue weighted by Gasteiger charge is -2.20. The number of hydrogen-bond donors (Lipinski definition) is 4. The van der Waals surface area contributed by atoms with E-state index in [1.54, 1.807) is 24.3 Å². The summed E-state index contributed by atoms with van der Waals surface area (Å²) in [5, 5.41) is 28.6. The van der Waals surface area contributed by atoms with Gasteiger partial charge in [-0.2, -0.15) is 0 Å². The summed E-state index contributed by atoms with van der Waals surface area (Å²) in [5.74, 6) is -0.288. The molecule has 0 amide bonds. The molecule has 0 rings (SSSR count). The van der Waals surface area contributed by atoms with Crippen LogP contribution in [0.25, 0.3) is 0 Å². The van der Waals surface area contributed by atoms with Crippen LogP contribution in [0.15, 0.2) is 72.9 Å². The van der Waals surface area contributed by atoms with Crippen LogP contribution in [0.5, 0.6) is 0 Å². The molecule has 0 aromatic rings. The second kappa shape index (κ2) is 42.7. The van der Waals surface area contributed by atoms with E-state index in [4.69, 9.17) is 19.1 Å². The van der Waals surface area contributed by atoms with Gasteiger partial charge in [0.15, 0.2) is 6.10 Å². The number of phosphoric acid groups is 1. The van der Waals surface area contributed by atoms with Crippen molar-refractivity contribution >= 4 is 19.8 Å². The average Bonchev–Trinajstić information content (AvgIpc) is 3.23. The third kappa shape index (κ3) is 43.8. The van der Waals surface area contributed by atoms with Crippen LogP contribution in [0, 0.1) is 5.92 Å². The quantitative estimate of drug-likeness (QED) is 0.0151. The summed E-state index contributed by atoms with van der Waals surface area (Å²) in [5.41, 5.74) is 0. The van der Waals surface area contributed by atoms with Crippen LogP contribution in [-0.4, -0.2) is 76.9 Å². The Bertz CT molecular complexity index is 1270. The standard InChI is InChI=1S/C49H85O11P/c1-4-5-6-7-8-9-10-14-18-21-24-27-31-36-45(51)37-32-29-34-38-48(53)57-42-47(43-59-61(55,56)58-41-46(52)40-50)60-49(54)39-33-28-25-22-19-16-13-11-12-15-17-20-23-26-30-35-44(2)3/h5-6,8-9,14,18,24,27,29,31-32,36,44-47,50-52H,4,7,10-13,15-17,19-23,25-26,28,30,33-35,37-43H2,1-3H3,(H,55,56)/b6-5-,9-8-,18-14-,27-24-,32-29-,36-31-/t45?,46-,47+/m0/s1. The number of rotatable bonds is 42. The number of aliphatic hydroxyl groups excluding tert-OH is 3. The molecule has 352 valence electrons. The summed E-state index contributed by atoms with van der Waals surface area (Å²) in [6.45, 7) is 4.41. The molecule has 0 fully saturated rings. The van der Waals surface area contributed by atoms with Gasteiger partial charge in [-0.25, -0.2) is 4.57 Å². The lowest BCUT2D eigenvalue weighted by molar-refractivity contribution is -0.161. The Morgan fingerprint density at radius 1 is 0.607 bits per heavy atom. The van der Waals surface area contributed by atoms with Crippen LogP contribution < -0.4 is 0 Å². The number of aliphatic hydroxyl groups is 3. The van der Waals surface area contributed by atoms with Crippen molar-refractivity contribution in [2.45, 2.75) is 193 Å². The third-order valence-corrected chi connectivity index (χ3v) is 10.6. The van der Waals surface area contributed by atoms with Crippen molar-refractivity contribution in [3.8, 4) is 0 Å². The zero-order valence-corrected chi connectivity index (χ0v) is 39.0. The van der Waals surface area contributed by atoms with Crippen LogP contribution in [-0.2, 0) is 32.7 Å². The van der Waals surface area contributed by atoms with Crippen LogP contribution in [0.1, 0.15) is 175 Å².